The number of amides is 1. The number of rotatable bonds is 2. The lowest BCUT2D eigenvalue weighted by Crippen LogP contribution is -2.42. The number of halogens is 3. The normalized spacial score (nSPS) is 23.2. The third kappa shape index (κ3) is 3.61. The Morgan fingerprint density at radius 3 is 2.53 bits per heavy atom. The van der Waals surface area contributed by atoms with E-state index in [1.807, 2.05) is 0 Å². The van der Waals surface area contributed by atoms with E-state index in [9.17, 15) is 18.0 Å². The smallest absolute Gasteiger partial charge is 0.348 e. The molecular weight excluding hydrogens is 239 g/mol. The molecule has 0 N–H and O–H groups in total. The van der Waals surface area contributed by atoms with E-state index in [4.69, 9.17) is 15.9 Å². The van der Waals surface area contributed by atoms with Crippen molar-refractivity contribution in [3.8, 4) is 12.5 Å². The van der Waals surface area contributed by atoms with Crippen LogP contribution in [0.25, 0.3) is 0 Å². The van der Waals surface area contributed by atoms with Crippen LogP contribution in [0, 0.1) is 12.5 Å². The van der Waals surface area contributed by atoms with Gasteiger partial charge < -0.3 is 9.47 Å². The van der Waals surface area contributed by atoms with Crippen LogP contribution in [0.4, 0.5) is 13.2 Å². The quantitative estimate of drug-likeness (QED) is 0.545. The van der Waals surface area contributed by atoms with Gasteiger partial charge in [-0.3, -0.25) is 9.69 Å². The lowest BCUT2D eigenvalue weighted by Gasteiger charge is -2.21. The van der Waals surface area contributed by atoms with Crippen LogP contribution < -0.4 is 0 Å². The monoisotopic (exact) mass is 251 g/mol. The fraction of sp³-hybridized carbons (Fsp3) is 0.700. The van der Waals surface area contributed by atoms with Gasteiger partial charge in [-0.05, 0) is 13.8 Å². The Balaban J connectivity index is 2.61. The van der Waals surface area contributed by atoms with Gasteiger partial charge in [-0.15, -0.1) is 0 Å². The Hall–Kier alpha value is -1.26. The molecule has 1 aliphatic heterocycles. The molecule has 96 valence electrons. The number of ether oxygens (including phenoxy) is 2. The van der Waals surface area contributed by atoms with E-state index in [1.165, 1.54) is 0 Å². The summed E-state index contributed by atoms with van der Waals surface area (Å²) >= 11 is 0. The van der Waals surface area contributed by atoms with E-state index in [2.05, 4.69) is 0 Å². The fourth-order valence-corrected chi connectivity index (χ4v) is 1.40. The maximum absolute atomic E-state index is 12.2. The molecule has 0 saturated carbocycles. The summed E-state index contributed by atoms with van der Waals surface area (Å²) in [6.45, 7) is 2.99. The highest BCUT2D eigenvalue weighted by Crippen LogP contribution is 2.24. The molecule has 1 aliphatic rings. The van der Waals surface area contributed by atoms with Gasteiger partial charge in [-0.25, -0.2) is 0 Å². The number of carbonyl (C=O) groups excluding carboxylic acids is 1. The summed E-state index contributed by atoms with van der Waals surface area (Å²) < 4.78 is 46.9. The Bertz CT molecular complexity index is 346. The van der Waals surface area contributed by atoms with Gasteiger partial charge in [0.2, 0.25) is 0 Å². The van der Waals surface area contributed by atoms with Crippen LogP contribution in [0.1, 0.15) is 13.8 Å². The average molecular weight is 251 g/mol. The third-order valence-electron chi connectivity index (χ3n) is 2.10. The van der Waals surface area contributed by atoms with Crippen molar-refractivity contribution in [2.45, 2.75) is 31.9 Å². The predicted molar refractivity (Wildman–Crippen MR) is 51.5 cm³/mol. The number of hydrogen-bond acceptors (Lipinski definition) is 3. The first-order valence-electron chi connectivity index (χ1n) is 4.82. The Kier molecular flexibility index (Phi) is 3.69. The molecule has 1 unspecified atom stereocenters. The zero-order chi connectivity index (χ0) is 13.3. The second kappa shape index (κ2) is 4.55. The molecule has 0 radical (unpaired) electrons. The molecule has 7 heteroatoms. The first kappa shape index (κ1) is 13.8. The number of carbonyl (C=O) groups is 1. The first-order chi connectivity index (χ1) is 7.65. The number of alkyl halides is 3. The molecule has 1 rings (SSSR count). The Morgan fingerprint density at radius 1 is 1.59 bits per heavy atom. The van der Waals surface area contributed by atoms with Crippen molar-refractivity contribution in [1.82, 2.24) is 4.90 Å². The van der Waals surface area contributed by atoms with Crippen molar-refractivity contribution in [2.75, 3.05) is 13.2 Å². The topological polar surface area (TPSA) is 38.8 Å². The van der Waals surface area contributed by atoms with Crippen LogP contribution in [-0.4, -0.2) is 42.0 Å². The van der Waals surface area contributed by atoms with Crippen LogP contribution in [0.15, 0.2) is 0 Å². The van der Waals surface area contributed by atoms with Crippen molar-refractivity contribution in [1.29, 1.82) is 0 Å². The minimum atomic E-state index is -4.98. The summed E-state index contributed by atoms with van der Waals surface area (Å²) in [4.78, 5) is 11.2. The third-order valence-corrected chi connectivity index (χ3v) is 2.10. The van der Waals surface area contributed by atoms with Crippen molar-refractivity contribution in [3.63, 3.8) is 0 Å². The highest BCUT2D eigenvalue weighted by molar-refractivity contribution is 5.83. The molecule has 0 bridgehead atoms. The molecule has 1 atom stereocenters. The van der Waals surface area contributed by atoms with E-state index in [1.54, 1.807) is 19.9 Å². The van der Waals surface area contributed by atoms with Crippen molar-refractivity contribution in [3.05, 3.63) is 0 Å². The van der Waals surface area contributed by atoms with Gasteiger partial charge in [0.1, 0.15) is 6.10 Å². The summed E-state index contributed by atoms with van der Waals surface area (Å²) in [5.41, 5.74) is 0. The summed E-state index contributed by atoms with van der Waals surface area (Å²) in [6.07, 6.45) is -0.770. The maximum atomic E-state index is 12.2. The van der Waals surface area contributed by atoms with Gasteiger partial charge in [0.05, 0.1) is 13.2 Å². The lowest BCUT2D eigenvalue weighted by molar-refractivity contribution is -0.184. The highest BCUT2D eigenvalue weighted by Gasteiger charge is 2.44. The molecule has 1 amide bonds. The predicted octanol–water partition coefficient (Wildman–Crippen LogP) is 1.12. The molecule has 1 saturated heterocycles. The van der Waals surface area contributed by atoms with Crippen LogP contribution in [0.3, 0.4) is 0 Å². The van der Waals surface area contributed by atoms with Gasteiger partial charge >= 0.3 is 12.1 Å². The summed E-state index contributed by atoms with van der Waals surface area (Å²) in [6, 6.07) is 1.69. The molecule has 1 heterocycles. The Morgan fingerprint density at radius 2 is 2.18 bits per heavy atom. The largest absolute Gasteiger partial charge is 0.472 e. The molecule has 17 heavy (non-hydrogen) atoms. The zero-order valence-electron chi connectivity index (χ0n) is 9.37. The SMILES string of the molecule is C#CN(CC1COC(C)(C)O1)C(=O)C(F)(F)F. The lowest BCUT2D eigenvalue weighted by atomic mass is 10.3. The molecule has 0 spiro atoms. The van der Waals surface area contributed by atoms with Crippen molar-refractivity contribution in [2.24, 2.45) is 0 Å². The van der Waals surface area contributed by atoms with E-state index < -0.39 is 24.0 Å². The van der Waals surface area contributed by atoms with E-state index in [0.717, 1.165) is 0 Å². The Labute approximate surface area is 96.7 Å². The average Bonchev–Trinajstić information content (AvgIpc) is 2.52. The number of hydrogen-bond donors (Lipinski definition) is 0. The minimum Gasteiger partial charge on any atom is -0.348 e. The first-order valence-corrected chi connectivity index (χ1v) is 4.82. The van der Waals surface area contributed by atoms with Gasteiger partial charge in [0.25, 0.3) is 0 Å². The molecule has 4 nitrogen and oxygen atoms in total. The van der Waals surface area contributed by atoms with E-state index in [0.29, 0.717) is 0 Å². The summed E-state index contributed by atoms with van der Waals surface area (Å²) in [5, 5.41) is 0. The fourth-order valence-electron chi connectivity index (χ4n) is 1.40. The van der Waals surface area contributed by atoms with Crippen LogP contribution in [0.5, 0.6) is 0 Å². The molecular formula is C10H12F3NO3. The highest BCUT2D eigenvalue weighted by atomic mass is 19.4. The van der Waals surface area contributed by atoms with Gasteiger partial charge in [0.15, 0.2) is 5.79 Å². The van der Waals surface area contributed by atoms with Gasteiger partial charge in [-0.2, -0.15) is 13.2 Å². The number of terminal acetylenes is 1. The second-order valence-corrected chi connectivity index (χ2v) is 3.99. The van der Waals surface area contributed by atoms with Crippen molar-refractivity contribution < 1.29 is 27.4 Å². The van der Waals surface area contributed by atoms with Crippen LogP contribution in [0.2, 0.25) is 0 Å². The van der Waals surface area contributed by atoms with E-state index in [-0.39, 0.29) is 18.1 Å². The minimum absolute atomic E-state index is 0.0936. The van der Waals surface area contributed by atoms with E-state index >= 15 is 0 Å². The molecule has 0 aromatic rings. The van der Waals surface area contributed by atoms with Crippen molar-refractivity contribution >= 4 is 5.91 Å². The standard InChI is InChI=1S/C10H12F3NO3/c1-4-14(8(15)10(11,12)13)5-7-6-16-9(2,3)17-7/h1,7H,5-6H2,2-3H3. The maximum Gasteiger partial charge on any atom is 0.472 e. The van der Waals surface area contributed by atoms with Crippen LogP contribution >= 0.6 is 0 Å². The summed E-state index contributed by atoms with van der Waals surface area (Å²) in [5.74, 6) is -2.94. The molecule has 1 fully saturated rings. The van der Waals surface area contributed by atoms with Gasteiger partial charge in [0, 0.05) is 6.04 Å². The van der Waals surface area contributed by atoms with Crippen LogP contribution in [-0.2, 0) is 14.3 Å². The second-order valence-electron chi connectivity index (χ2n) is 3.99. The van der Waals surface area contributed by atoms with Gasteiger partial charge in [-0.1, -0.05) is 6.42 Å². The molecule has 0 aromatic heterocycles. The molecule has 0 aromatic carbocycles. The zero-order valence-corrected chi connectivity index (χ0v) is 9.37. The molecule has 0 aliphatic carbocycles. The summed E-state index contributed by atoms with van der Waals surface area (Å²) in [7, 11) is 0. The number of nitrogens with zero attached hydrogens (tertiary/aromatic N) is 1.